The molecule has 2 N–H and O–H groups in total. The summed E-state index contributed by atoms with van der Waals surface area (Å²) in [5, 5.41) is 0. The molecular weight excluding hydrogens is 254 g/mol. The SMILES string of the molecule is COc1cc(COc2ccccc2OC)ccc1CN. The van der Waals surface area contributed by atoms with E-state index in [1.165, 1.54) is 0 Å². The zero-order valence-electron chi connectivity index (χ0n) is 11.8. The second kappa shape index (κ2) is 6.82. The maximum atomic E-state index is 5.78. The van der Waals surface area contributed by atoms with E-state index in [4.69, 9.17) is 19.9 Å². The zero-order valence-corrected chi connectivity index (χ0v) is 11.8. The van der Waals surface area contributed by atoms with E-state index in [-0.39, 0.29) is 0 Å². The van der Waals surface area contributed by atoms with Crippen molar-refractivity contribution in [1.82, 2.24) is 0 Å². The summed E-state index contributed by atoms with van der Waals surface area (Å²) in [5.74, 6) is 2.23. The van der Waals surface area contributed by atoms with E-state index in [1.54, 1.807) is 14.2 Å². The van der Waals surface area contributed by atoms with Gasteiger partial charge in [-0.1, -0.05) is 24.3 Å². The van der Waals surface area contributed by atoms with Gasteiger partial charge in [0.15, 0.2) is 11.5 Å². The van der Waals surface area contributed by atoms with Crippen LogP contribution in [-0.4, -0.2) is 14.2 Å². The Morgan fingerprint density at radius 2 is 1.60 bits per heavy atom. The predicted molar refractivity (Wildman–Crippen MR) is 78.2 cm³/mol. The highest BCUT2D eigenvalue weighted by Gasteiger charge is 2.06. The topological polar surface area (TPSA) is 53.7 Å². The van der Waals surface area contributed by atoms with E-state index in [2.05, 4.69) is 0 Å². The van der Waals surface area contributed by atoms with Crippen molar-refractivity contribution in [2.45, 2.75) is 13.2 Å². The summed E-state index contributed by atoms with van der Waals surface area (Å²) >= 11 is 0. The van der Waals surface area contributed by atoms with E-state index in [9.17, 15) is 0 Å². The molecule has 2 rings (SSSR count). The Bertz CT molecular complexity index is 569. The Kier molecular flexibility index (Phi) is 4.85. The van der Waals surface area contributed by atoms with Crippen LogP contribution in [0, 0.1) is 0 Å². The summed E-state index contributed by atoms with van der Waals surface area (Å²) in [4.78, 5) is 0. The van der Waals surface area contributed by atoms with Gasteiger partial charge in [0.05, 0.1) is 14.2 Å². The zero-order chi connectivity index (χ0) is 14.4. The standard InChI is InChI=1S/C16H19NO3/c1-18-14-5-3-4-6-15(14)20-11-12-7-8-13(10-17)16(9-12)19-2/h3-9H,10-11,17H2,1-2H3. The lowest BCUT2D eigenvalue weighted by atomic mass is 10.1. The minimum absolute atomic E-state index is 0.446. The second-order valence-corrected chi connectivity index (χ2v) is 4.29. The van der Waals surface area contributed by atoms with Crippen molar-refractivity contribution in [1.29, 1.82) is 0 Å². The molecule has 0 unspecified atom stereocenters. The maximum Gasteiger partial charge on any atom is 0.161 e. The third-order valence-electron chi connectivity index (χ3n) is 3.03. The van der Waals surface area contributed by atoms with Gasteiger partial charge in [0.1, 0.15) is 12.4 Å². The number of methoxy groups -OCH3 is 2. The van der Waals surface area contributed by atoms with Crippen molar-refractivity contribution >= 4 is 0 Å². The monoisotopic (exact) mass is 273 g/mol. The molecule has 0 spiro atoms. The highest BCUT2D eigenvalue weighted by molar-refractivity contribution is 5.40. The number of rotatable bonds is 6. The smallest absolute Gasteiger partial charge is 0.161 e. The van der Waals surface area contributed by atoms with Gasteiger partial charge in [-0.05, 0) is 23.8 Å². The van der Waals surface area contributed by atoms with Gasteiger partial charge in [-0.3, -0.25) is 0 Å². The molecule has 0 amide bonds. The third kappa shape index (κ3) is 3.22. The van der Waals surface area contributed by atoms with Crippen LogP contribution >= 0.6 is 0 Å². The number of nitrogens with two attached hydrogens (primary N) is 1. The summed E-state index contributed by atoms with van der Waals surface area (Å²) in [6.45, 7) is 0.901. The van der Waals surface area contributed by atoms with Crippen LogP contribution in [0.4, 0.5) is 0 Å². The molecule has 0 aliphatic heterocycles. The fraction of sp³-hybridized carbons (Fsp3) is 0.250. The van der Waals surface area contributed by atoms with Crippen LogP contribution in [0.1, 0.15) is 11.1 Å². The molecule has 0 aromatic heterocycles. The second-order valence-electron chi connectivity index (χ2n) is 4.29. The predicted octanol–water partition coefficient (Wildman–Crippen LogP) is 2.74. The summed E-state index contributed by atoms with van der Waals surface area (Å²) in [6, 6.07) is 13.5. The lowest BCUT2D eigenvalue weighted by molar-refractivity contribution is 0.284. The van der Waals surface area contributed by atoms with Crippen molar-refractivity contribution in [3.63, 3.8) is 0 Å². The van der Waals surface area contributed by atoms with Crippen molar-refractivity contribution in [2.75, 3.05) is 14.2 Å². The van der Waals surface area contributed by atoms with E-state index < -0.39 is 0 Å². The molecular formula is C16H19NO3. The Hall–Kier alpha value is -2.20. The van der Waals surface area contributed by atoms with E-state index in [1.807, 2.05) is 42.5 Å². The van der Waals surface area contributed by atoms with Gasteiger partial charge < -0.3 is 19.9 Å². The summed E-state index contributed by atoms with van der Waals surface area (Å²) < 4.78 is 16.3. The van der Waals surface area contributed by atoms with Gasteiger partial charge in [0, 0.05) is 12.1 Å². The van der Waals surface area contributed by atoms with Crippen molar-refractivity contribution in [3.8, 4) is 17.2 Å². The van der Waals surface area contributed by atoms with Crippen LogP contribution in [0.5, 0.6) is 17.2 Å². The van der Waals surface area contributed by atoms with Gasteiger partial charge >= 0.3 is 0 Å². The van der Waals surface area contributed by atoms with E-state index in [0.29, 0.717) is 13.2 Å². The molecule has 0 aliphatic rings. The van der Waals surface area contributed by atoms with Gasteiger partial charge in [0.25, 0.3) is 0 Å². The molecule has 20 heavy (non-hydrogen) atoms. The van der Waals surface area contributed by atoms with E-state index in [0.717, 1.165) is 28.4 Å². The average molecular weight is 273 g/mol. The highest BCUT2D eigenvalue weighted by Crippen LogP contribution is 2.27. The number of ether oxygens (including phenoxy) is 3. The Labute approximate surface area is 119 Å². The molecule has 0 atom stereocenters. The maximum absolute atomic E-state index is 5.78. The van der Waals surface area contributed by atoms with Gasteiger partial charge in [-0.2, -0.15) is 0 Å². The summed E-state index contributed by atoms with van der Waals surface area (Å²) in [7, 11) is 3.26. The Morgan fingerprint density at radius 3 is 2.25 bits per heavy atom. The molecule has 0 saturated carbocycles. The highest BCUT2D eigenvalue weighted by atomic mass is 16.5. The average Bonchev–Trinajstić information content (AvgIpc) is 2.52. The first-order valence-corrected chi connectivity index (χ1v) is 6.40. The fourth-order valence-corrected chi connectivity index (χ4v) is 1.95. The Morgan fingerprint density at radius 1 is 0.900 bits per heavy atom. The molecule has 0 radical (unpaired) electrons. The summed E-state index contributed by atoms with van der Waals surface area (Å²) in [5.41, 5.74) is 7.65. The molecule has 0 aliphatic carbocycles. The number of hydrogen-bond acceptors (Lipinski definition) is 4. The molecule has 0 heterocycles. The van der Waals surface area contributed by atoms with Crippen molar-refractivity contribution in [3.05, 3.63) is 53.6 Å². The minimum atomic E-state index is 0.446. The molecule has 4 nitrogen and oxygen atoms in total. The summed E-state index contributed by atoms with van der Waals surface area (Å²) in [6.07, 6.45) is 0. The van der Waals surface area contributed by atoms with Crippen molar-refractivity contribution in [2.24, 2.45) is 5.73 Å². The van der Waals surface area contributed by atoms with Crippen LogP contribution in [0.25, 0.3) is 0 Å². The molecule has 0 fully saturated rings. The van der Waals surface area contributed by atoms with Crippen molar-refractivity contribution < 1.29 is 14.2 Å². The fourth-order valence-electron chi connectivity index (χ4n) is 1.95. The minimum Gasteiger partial charge on any atom is -0.496 e. The van der Waals surface area contributed by atoms with Gasteiger partial charge in [0.2, 0.25) is 0 Å². The quantitative estimate of drug-likeness (QED) is 0.879. The molecule has 2 aromatic carbocycles. The molecule has 2 aromatic rings. The first-order valence-electron chi connectivity index (χ1n) is 6.40. The number of hydrogen-bond donors (Lipinski definition) is 1. The lowest BCUT2D eigenvalue weighted by Crippen LogP contribution is -2.02. The first-order chi connectivity index (χ1) is 9.78. The van der Waals surface area contributed by atoms with Gasteiger partial charge in [-0.15, -0.1) is 0 Å². The first kappa shape index (κ1) is 14.2. The third-order valence-corrected chi connectivity index (χ3v) is 3.03. The van der Waals surface area contributed by atoms with Gasteiger partial charge in [-0.25, -0.2) is 0 Å². The Balaban J connectivity index is 2.11. The van der Waals surface area contributed by atoms with Crippen LogP contribution in [0.2, 0.25) is 0 Å². The van der Waals surface area contributed by atoms with Crippen LogP contribution in [-0.2, 0) is 13.2 Å². The van der Waals surface area contributed by atoms with Crippen LogP contribution in [0.3, 0.4) is 0 Å². The molecule has 106 valence electrons. The molecule has 4 heteroatoms. The van der Waals surface area contributed by atoms with Crippen LogP contribution < -0.4 is 19.9 Å². The largest absolute Gasteiger partial charge is 0.496 e. The van der Waals surface area contributed by atoms with Crippen LogP contribution in [0.15, 0.2) is 42.5 Å². The normalized spacial score (nSPS) is 10.2. The molecule has 0 saturated heterocycles. The number of benzene rings is 2. The lowest BCUT2D eigenvalue weighted by Gasteiger charge is -2.12. The molecule has 0 bridgehead atoms. The number of para-hydroxylation sites is 2. The van der Waals surface area contributed by atoms with E-state index >= 15 is 0 Å².